The van der Waals surface area contributed by atoms with E-state index in [4.69, 9.17) is 4.74 Å². The molecule has 2 heterocycles. The number of hydrogen-bond donors (Lipinski definition) is 1. The molecule has 1 aromatic carbocycles. The van der Waals surface area contributed by atoms with Crippen molar-refractivity contribution in [1.82, 2.24) is 9.80 Å². The van der Waals surface area contributed by atoms with E-state index in [-0.39, 0.29) is 5.91 Å². The zero-order valence-electron chi connectivity index (χ0n) is 15.4. The van der Waals surface area contributed by atoms with Crippen molar-refractivity contribution in [2.24, 2.45) is 5.92 Å². The molecule has 1 amide bonds. The highest BCUT2D eigenvalue weighted by atomic mass is 16.5. The van der Waals surface area contributed by atoms with Crippen LogP contribution >= 0.6 is 0 Å². The summed E-state index contributed by atoms with van der Waals surface area (Å²) in [6.07, 6.45) is 6.37. The maximum Gasteiger partial charge on any atom is 0.241 e. The quantitative estimate of drug-likeness (QED) is 0.861. The van der Waals surface area contributed by atoms with E-state index in [1.165, 1.54) is 38.9 Å². The lowest BCUT2D eigenvalue weighted by molar-refractivity contribution is -0.130. The van der Waals surface area contributed by atoms with Crippen molar-refractivity contribution >= 4 is 11.6 Å². The minimum Gasteiger partial charge on any atom is -0.495 e. The number of carbonyl (C=O) groups excluding carboxylic acids is 1. The molecule has 2 aliphatic rings. The number of carbonyl (C=O) groups is 1. The van der Waals surface area contributed by atoms with Crippen LogP contribution in [-0.2, 0) is 4.79 Å². The summed E-state index contributed by atoms with van der Waals surface area (Å²) in [7, 11) is 1.65. The van der Waals surface area contributed by atoms with Crippen molar-refractivity contribution in [3.63, 3.8) is 0 Å². The number of benzene rings is 1. The zero-order valence-corrected chi connectivity index (χ0v) is 15.4. The third kappa shape index (κ3) is 5.11. The Bertz CT molecular complexity index is 550. The van der Waals surface area contributed by atoms with Crippen LogP contribution < -0.4 is 10.1 Å². The Balaban J connectivity index is 1.40. The van der Waals surface area contributed by atoms with Crippen LogP contribution in [-0.4, -0.2) is 62.1 Å². The first-order chi connectivity index (χ1) is 12.3. The van der Waals surface area contributed by atoms with Gasteiger partial charge in [0.25, 0.3) is 0 Å². The van der Waals surface area contributed by atoms with Gasteiger partial charge >= 0.3 is 0 Å². The number of ether oxygens (including phenoxy) is 1. The highest BCUT2D eigenvalue weighted by molar-refractivity contribution is 5.81. The summed E-state index contributed by atoms with van der Waals surface area (Å²) in [6, 6.07) is 7.72. The van der Waals surface area contributed by atoms with Gasteiger partial charge in [-0.05, 0) is 56.8 Å². The molecule has 2 aliphatic heterocycles. The molecule has 138 valence electrons. The molecule has 3 rings (SSSR count). The number of para-hydroxylation sites is 2. The molecule has 0 spiro atoms. The summed E-state index contributed by atoms with van der Waals surface area (Å²) >= 11 is 0. The van der Waals surface area contributed by atoms with E-state index >= 15 is 0 Å². The van der Waals surface area contributed by atoms with Gasteiger partial charge in [0, 0.05) is 19.6 Å². The molecule has 5 heteroatoms. The number of methoxy groups -OCH3 is 1. The van der Waals surface area contributed by atoms with E-state index in [2.05, 4.69) is 10.2 Å². The number of likely N-dealkylation sites (tertiary alicyclic amines) is 2. The van der Waals surface area contributed by atoms with Gasteiger partial charge in [0.05, 0.1) is 19.3 Å². The minimum absolute atomic E-state index is 0.183. The van der Waals surface area contributed by atoms with Crippen LogP contribution in [0.2, 0.25) is 0 Å². The van der Waals surface area contributed by atoms with Crippen molar-refractivity contribution in [2.45, 2.75) is 32.1 Å². The second kappa shape index (κ2) is 9.09. The van der Waals surface area contributed by atoms with Crippen LogP contribution in [0.5, 0.6) is 5.75 Å². The van der Waals surface area contributed by atoms with E-state index in [1.807, 2.05) is 29.2 Å². The summed E-state index contributed by atoms with van der Waals surface area (Å²) in [5.74, 6) is 1.71. The third-order valence-corrected chi connectivity index (χ3v) is 5.47. The molecule has 2 fully saturated rings. The van der Waals surface area contributed by atoms with E-state index in [9.17, 15) is 4.79 Å². The Morgan fingerprint density at radius 3 is 2.56 bits per heavy atom. The fourth-order valence-corrected chi connectivity index (χ4v) is 3.95. The summed E-state index contributed by atoms with van der Waals surface area (Å²) in [6.45, 7) is 5.87. The maximum atomic E-state index is 12.5. The fourth-order valence-electron chi connectivity index (χ4n) is 3.95. The van der Waals surface area contributed by atoms with Gasteiger partial charge in [-0.2, -0.15) is 0 Å². The molecule has 1 aromatic rings. The number of anilines is 1. The van der Waals surface area contributed by atoms with Gasteiger partial charge in [-0.15, -0.1) is 0 Å². The first kappa shape index (κ1) is 18.1. The number of rotatable bonds is 6. The Morgan fingerprint density at radius 1 is 1.12 bits per heavy atom. The van der Waals surface area contributed by atoms with Crippen molar-refractivity contribution in [1.29, 1.82) is 0 Å². The third-order valence-electron chi connectivity index (χ3n) is 5.47. The highest BCUT2D eigenvalue weighted by Gasteiger charge is 2.24. The molecule has 0 aromatic heterocycles. The summed E-state index contributed by atoms with van der Waals surface area (Å²) < 4.78 is 5.32. The molecule has 0 atom stereocenters. The average Bonchev–Trinajstić information content (AvgIpc) is 2.67. The molecule has 0 saturated carbocycles. The molecule has 25 heavy (non-hydrogen) atoms. The van der Waals surface area contributed by atoms with Crippen LogP contribution in [0.25, 0.3) is 0 Å². The molecular weight excluding hydrogens is 314 g/mol. The smallest absolute Gasteiger partial charge is 0.241 e. The second-order valence-electron chi connectivity index (χ2n) is 7.24. The molecule has 0 radical (unpaired) electrons. The number of nitrogens with zero attached hydrogens (tertiary/aromatic N) is 2. The Morgan fingerprint density at radius 2 is 1.84 bits per heavy atom. The maximum absolute atomic E-state index is 12.5. The fraction of sp³-hybridized carbons (Fsp3) is 0.650. The number of hydrogen-bond acceptors (Lipinski definition) is 4. The molecule has 2 saturated heterocycles. The van der Waals surface area contributed by atoms with Gasteiger partial charge in [-0.3, -0.25) is 4.79 Å². The lowest BCUT2D eigenvalue weighted by atomic mass is 9.95. The normalized spacial score (nSPS) is 19.6. The van der Waals surface area contributed by atoms with Crippen LogP contribution in [0.4, 0.5) is 5.69 Å². The summed E-state index contributed by atoms with van der Waals surface area (Å²) in [5.41, 5.74) is 0.873. The zero-order chi connectivity index (χ0) is 17.5. The first-order valence-corrected chi connectivity index (χ1v) is 9.63. The summed E-state index contributed by atoms with van der Waals surface area (Å²) in [5, 5.41) is 3.21. The van der Waals surface area contributed by atoms with Gasteiger partial charge in [0.2, 0.25) is 5.91 Å². The molecule has 0 aliphatic carbocycles. The highest BCUT2D eigenvalue weighted by Crippen LogP contribution is 2.23. The van der Waals surface area contributed by atoms with Crippen LogP contribution in [0.3, 0.4) is 0 Å². The molecule has 0 unspecified atom stereocenters. The largest absolute Gasteiger partial charge is 0.495 e. The van der Waals surface area contributed by atoms with Gasteiger partial charge in [-0.25, -0.2) is 0 Å². The van der Waals surface area contributed by atoms with E-state index in [0.717, 1.165) is 43.3 Å². The van der Waals surface area contributed by atoms with E-state index in [0.29, 0.717) is 6.54 Å². The predicted octanol–water partition coefficient (Wildman–Crippen LogP) is 2.83. The Labute approximate surface area is 151 Å². The van der Waals surface area contributed by atoms with Gasteiger partial charge in [-0.1, -0.05) is 18.6 Å². The van der Waals surface area contributed by atoms with Gasteiger partial charge < -0.3 is 19.9 Å². The summed E-state index contributed by atoms with van der Waals surface area (Å²) in [4.78, 5) is 17.1. The van der Waals surface area contributed by atoms with Crippen molar-refractivity contribution in [3.8, 4) is 5.75 Å². The van der Waals surface area contributed by atoms with Crippen LogP contribution in [0.1, 0.15) is 32.1 Å². The molecule has 0 bridgehead atoms. The topological polar surface area (TPSA) is 44.8 Å². The average molecular weight is 345 g/mol. The minimum atomic E-state index is 0.183. The standard InChI is InChI=1S/C20H31N3O2/c1-25-19-8-4-3-7-18(19)21-15-20(24)23-13-9-17(10-14-23)16-22-11-5-2-6-12-22/h3-4,7-8,17,21H,2,5-6,9-16H2,1H3. The molecular formula is C20H31N3O2. The Hall–Kier alpha value is -1.75. The number of nitrogens with one attached hydrogen (secondary N) is 1. The van der Waals surface area contributed by atoms with Gasteiger partial charge in [0.15, 0.2) is 0 Å². The van der Waals surface area contributed by atoms with Crippen molar-refractivity contribution in [2.75, 3.05) is 51.7 Å². The lowest BCUT2D eigenvalue weighted by Crippen LogP contribution is -2.44. The Kier molecular flexibility index (Phi) is 6.56. The van der Waals surface area contributed by atoms with Crippen molar-refractivity contribution in [3.05, 3.63) is 24.3 Å². The van der Waals surface area contributed by atoms with Crippen LogP contribution in [0.15, 0.2) is 24.3 Å². The number of piperidine rings is 2. The SMILES string of the molecule is COc1ccccc1NCC(=O)N1CCC(CN2CCCCC2)CC1. The lowest BCUT2D eigenvalue weighted by Gasteiger charge is -2.36. The second-order valence-corrected chi connectivity index (χ2v) is 7.24. The predicted molar refractivity (Wildman–Crippen MR) is 101 cm³/mol. The monoisotopic (exact) mass is 345 g/mol. The van der Waals surface area contributed by atoms with E-state index in [1.54, 1.807) is 7.11 Å². The molecule has 1 N–H and O–H groups in total. The van der Waals surface area contributed by atoms with Crippen LogP contribution in [0, 0.1) is 5.92 Å². The molecule has 5 nitrogen and oxygen atoms in total. The van der Waals surface area contributed by atoms with Gasteiger partial charge in [0.1, 0.15) is 5.75 Å². The van der Waals surface area contributed by atoms with Crippen molar-refractivity contribution < 1.29 is 9.53 Å². The number of amides is 1. The first-order valence-electron chi connectivity index (χ1n) is 9.63. The van der Waals surface area contributed by atoms with E-state index < -0.39 is 0 Å².